The number of nitrogens with zero attached hydrogens (tertiary/aromatic N) is 4. The first-order valence-electron chi connectivity index (χ1n) is 8.84. The quantitative estimate of drug-likeness (QED) is 0.831. The zero-order chi connectivity index (χ0) is 17.6. The second-order valence-corrected chi connectivity index (χ2v) is 7.56. The van der Waals surface area contributed by atoms with Gasteiger partial charge in [-0.2, -0.15) is 4.98 Å². The fourth-order valence-electron chi connectivity index (χ4n) is 4.19. The summed E-state index contributed by atoms with van der Waals surface area (Å²) in [6.45, 7) is 2.14. The first-order chi connectivity index (χ1) is 12.0. The Kier molecular flexibility index (Phi) is 3.77. The molecule has 0 unspecified atom stereocenters. The molecule has 1 amide bonds. The van der Waals surface area contributed by atoms with E-state index in [-0.39, 0.29) is 23.2 Å². The lowest BCUT2D eigenvalue weighted by molar-refractivity contribution is -0.148. The highest BCUT2D eigenvalue weighted by atomic mass is 16.4. The Balaban J connectivity index is 1.46. The van der Waals surface area contributed by atoms with Gasteiger partial charge in [0, 0.05) is 31.7 Å². The van der Waals surface area contributed by atoms with Crippen molar-refractivity contribution in [2.75, 3.05) is 30.3 Å². The lowest BCUT2D eigenvalue weighted by Crippen LogP contribution is -2.43. The average molecular weight is 345 g/mol. The molecule has 8 nitrogen and oxygen atoms in total. The highest BCUT2D eigenvalue weighted by Crippen LogP contribution is 2.46. The Hall–Kier alpha value is -2.38. The molecule has 0 aromatic carbocycles. The lowest BCUT2D eigenvalue weighted by Gasteiger charge is -2.39. The minimum absolute atomic E-state index is 0.0373. The molecule has 1 aliphatic carbocycles. The number of hydrogen-bond acceptors (Lipinski definition) is 6. The standard InChI is InChI=1S/C17H23N5O3/c18-16-19-6-3-13(20-16)21-7-4-17(5-8-21)9-12(15(24)25)22(10-17)14(23)11-1-2-11/h3,6,11-12H,1-2,4-5,7-10H2,(H,24,25)(H2,18,19,20)/t12-/m0/s1. The minimum atomic E-state index is -0.878. The summed E-state index contributed by atoms with van der Waals surface area (Å²) in [7, 11) is 0. The number of aliphatic carboxylic acids is 1. The van der Waals surface area contributed by atoms with Gasteiger partial charge in [0.1, 0.15) is 11.9 Å². The molecule has 2 aliphatic heterocycles. The topological polar surface area (TPSA) is 113 Å². The van der Waals surface area contributed by atoms with Crippen molar-refractivity contribution in [2.24, 2.45) is 11.3 Å². The molecule has 1 aromatic heterocycles. The molecular weight excluding hydrogens is 322 g/mol. The summed E-state index contributed by atoms with van der Waals surface area (Å²) >= 11 is 0. The SMILES string of the molecule is Nc1nccc(N2CCC3(CC2)C[C@@H](C(=O)O)N(C(=O)C2CC2)C3)n1. The number of anilines is 2. The number of aromatic nitrogens is 2. The molecule has 134 valence electrons. The van der Waals surface area contributed by atoms with Gasteiger partial charge >= 0.3 is 5.97 Å². The molecule has 8 heteroatoms. The molecule has 1 atom stereocenters. The lowest BCUT2D eigenvalue weighted by atomic mass is 9.76. The van der Waals surface area contributed by atoms with Crippen LogP contribution in [0.2, 0.25) is 0 Å². The van der Waals surface area contributed by atoms with Crippen molar-refractivity contribution < 1.29 is 14.7 Å². The van der Waals surface area contributed by atoms with Crippen molar-refractivity contribution in [3.8, 4) is 0 Å². The Morgan fingerprint density at radius 3 is 2.60 bits per heavy atom. The number of hydrogen-bond donors (Lipinski definition) is 2. The Morgan fingerprint density at radius 2 is 2.00 bits per heavy atom. The molecule has 1 spiro atoms. The van der Waals surface area contributed by atoms with Crippen molar-refractivity contribution in [2.45, 2.75) is 38.1 Å². The zero-order valence-corrected chi connectivity index (χ0v) is 14.1. The van der Waals surface area contributed by atoms with Crippen LogP contribution >= 0.6 is 0 Å². The van der Waals surface area contributed by atoms with Gasteiger partial charge in [0.2, 0.25) is 11.9 Å². The highest BCUT2D eigenvalue weighted by molar-refractivity contribution is 5.87. The predicted octanol–water partition coefficient (Wildman–Crippen LogP) is 0.741. The van der Waals surface area contributed by atoms with Crippen LogP contribution in [0.4, 0.5) is 11.8 Å². The largest absolute Gasteiger partial charge is 0.480 e. The number of nitrogen functional groups attached to an aromatic ring is 1. The number of amides is 1. The maximum atomic E-state index is 12.5. The average Bonchev–Trinajstić information content (AvgIpc) is 3.37. The van der Waals surface area contributed by atoms with Crippen molar-refractivity contribution in [3.63, 3.8) is 0 Å². The van der Waals surface area contributed by atoms with Crippen LogP contribution in [0.5, 0.6) is 0 Å². The molecule has 0 radical (unpaired) electrons. The van der Waals surface area contributed by atoms with Gasteiger partial charge in [-0.3, -0.25) is 4.79 Å². The van der Waals surface area contributed by atoms with Crippen LogP contribution in [0.1, 0.15) is 32.1 Å². The Morgan fingerprint density at radius 1 is 1.28 bits per heavy atom. The second kappa shape index (κ2) is 5.86. The van der Waals surface area contributed by atoms with Gasteiger partial charge in [-0.1, -0.05) is 0 Å². The van der Waals surface area contributed by atoms with E-state index in [1.807, 2.05) is 6.07 Å². The molecule has 1 aromatic rings. The van der Waals surface area contributed by atoms with Crippen LogP contribution < -0.4 is 10.6 Å². The third kappa shape index (κ3) is 3.01. The number of carboxylic acid groups (broad SMARTS) is 1. The van der Waals surface area contributed by atoms with Crippen LogP contribution in [0.15, 0.2) is 12.3 Å². The number of nitrogens with two attached hydrogens (primary N) is 1. The molecule has 3 fully saturated rings. The van der Waals surface area contributed by atoms with Crippen molar-refractivity contribution in [3.05, 3.63) is 12.3 Å². The van der Waals surface area contributed by atoms with E-state index in [0.717, 1.165) is 44.6 Å². The Bertz CT molecular complexity index is 697. The highest BCUT2D eigenvalue weighted by Gasteiger charge is 2.51. The summed E-state index contributed by atoms with van der Waals surface area (Å²) in [5.74, 6) is 0.278. The van der Waals surface area contributed by atoms with E-state index in [4.69, 9.17) is 5.73 Å². The third-order valence-corrected chi connectivity index (χ3v) is 5.81. The maximum absolute atomic E-state index is 12.5. The number of rotatable bonds is 3. The summed E-state index contributed by atoms with van der Waals surface area (Å²) in [6.07, 6.45) is 5.72. The van der Waals surface area contributed by atoms with E-state index in [9.17, 15) is 14.7 Å². The molecule has 3 heterocycles. The first kappa shape index (κ1) is 16.1. The van der Waals surface area contributed by atoms with Gasteiger partial charge in [-0.05, 0) is 43.6 Å². The van der Waals surface area contributed by atoms with E-state index in [1.54, 1.807) is 11.1 Å². The Labute approximate surface area is 146 Å². The predicted molar refractivity (Wildman–Crippen MR) is 90.8 cm³/mol. The summed E-state index contributed by atoms with van der Waals surface area (Å²) in [5, 5.41) is 9.57. The van der Waals surface area contributed by atoms with Crippen LogP contribution in [0.3, 0.4) is 0 Å². The molecule has 3 aliphatic rings. The molecule has 4 rings (SSSR count). The summed E-state index contributed by atoms with van der Waals surface area (Å²) in [5.41, 5.74) is 5.57. The number of carbonyl (C=O) groups excluding carboxylic acids is 1. The zero-order valence-electron chi connectivity index (χ0n) is 14.1. The first-order valence-corrected chi connectivity index (χ1v) is 8.84. The normalized spacial score (nSPS) is 25.4. The van der Waals surface area contributed by atoms with E-state index in [2.05, 4.69) is 14.9 Å². The second-order valence-electron chi connectivity index (χ2n) is 7.56. The number of piperidine rings is 1. The van der Waals surface area contributed by atoms with Crippen LogP contribution in [0, 0.1) is 11.3 Å². The van der Waals surface area contributed by atoms with Gasteiger partial charge < -0.3 is 20.6 Å². The monoisotopic (exact) mass is 345 g/mol. The molecule has 1 saturated carbocycles. The van der Waals surface area contributed by atoms with Gasteiger partial charge in [0.15, 0.2) is 0 Å². The number of likely N-dealkylation sites (tertiary alicyclic amines) is 1. The molecular formula is C17H23N5O3. The van der Waals surface area contributed by atoms with E-state index >= 15 is 0 Å². The van der Waals surface area contributed by atoms with Crippen LogP contribution in [-0.4, -0.2) is 57.5 Å². The van der Waals surface area contributed by atoms with Crippen molar-refractivity contribution in [1.82, 2.24) is 14.9 Å². The van der Waals surface area contributed by atoms with Crippen LogP contribution in [0.25, 0.3) is 0 Å². The van der Waals surface area contributed by atoms with Crippen molar-refractivity contribution >= 4 is 23.6 Å². The molecule has 25 heavy (non-hydrogen) atoms. The van der Waals surface area contributed by atoms with E-state index in [1.165, 1.54) is 0 Å². The van der Waals surface area contributed by atoms with E-state index in [0.29, 0.717) is 13.0 Å². The van der Waals surface area contributed by atoms with Gasteiger partial charge in [-0.15, -0.1) is 0 Å². The fourth-order valence-corrected chi connectivity index (χ4v) is 4.19. The van der Waals surface area contributed by atoms with Gasteiger partial charge in [-0.25, -0.2) is 9.78 Å². The van der Waals surface area contributed by atoms with Gasteiger partial charge in [0.25, 0.3) is 0 Å². The summed E-state index contributed by atoms with van der Waals surface area (Å²) in [4.78, 5) is 36.1. The minimum Gasteiger partial charge on any atom is -0.480 e. The van der Waals surface area contributed by atoms with Gasteiger partial charge in [0.05, 0.1) is 0 Å². The van der Waals surface area contributed by atoms with Crippen molar-refractivity contribution in [1.29, 1.82) is 0 Å². The summed E-state index contributed by atoms with van der Waals surface area (Å²) < 4.78 is 0. The van der Waals surface area contributed by atoms with Crippen LogP contribution in [-0.2, 0) is 9.59 Å². The number of carbonyl (C=O) groups is 2. The maximum Gasteiger partial charge on any atom is 0.326 e. The molecule has 0 bridgehead atoms. The fraction of sp³-hybridized carbons (Fsp3) is 0.647. The third-order valence-electron chi connectivity index (χ3n) is 5.81. The molecule has 3 N–H and O–H groups in total. The smallest absolute Gasteiger partial charge is 0.326 e. The molecule has 2 saturated heterocycles. The van der Waals surface area contributed by atoms with E-state index < -0.39 is 12.0 Å². The number of carboxylic acids is 1. The summed E-state index contributed by atoms with van der Waals surface area (Å²) in [6, 6.07) is 1.17.